The quantitative estimate of drug-likeness (QED) is 0.605. The molecule has 5 heteroatoms. The molecule has 0 atom stereocenters. The Balaban J connectivity index is 2.03. The highest BCUT2D eigenvalue weighted by molar-refractivity contribution is 9.10. The largest absolute Gasteiger partial charge is 0.385 e. The van der Waals surface area contributed by atoms with Gasteiger partial charge in [-0.2, -0.15) is 5.26 Å². The summed E-state index contributed by atoms with van der Waals surface area (Å²) in [6.45, 7) is 3.84. The summed E-state index contributed by atoms with van der Waals surface area (Å²) >= 11 is 3.53. The molecule has 3 aromatic rings. The van der Waals surface area contributed by atoms with Crippen LogP contribution in [0.4, 0.5) is 17.1 Å². The molecule has 0 spiro atoms. The van der Waals surface area contributed by atoms with E-state index in [2.05, 4.69) is 43.7 Å². The van der Waals surface area contributed by atoms with Crippen LogP contribution in [0, 0.1) is 11.3 Å². The summed E-state index contributed by atoms with van der Waals surface area (Å²) in [7, 11) is 1.88. The minimum absolute atomic E-state index is 0.497. The fourth-order valence-corrected chi connectivity index (χ4v) is 3.03. The number of benzene rings is 2. The van der Waals surface area contributed by atoms with E-state index in [1.807, 2.05) is 63.5 Å². The molecule has 0 fully saturated rings. The maximum Gasteiger partial charge on any atom is 0.0770 e. The average Bonchev–Trinajstić information content (AvgIpc) is 2.62. The number of halogens is 1. The van der Waals surface area contributed by atoms with Gasteiger partial charge >= 0.3 is 0 Å². The van der Waals surface area contributed by atoms with Crippen molar-refractivity contribution in [2.75, 3.05) is 17.7 Å². The molecule has 3 rings (SSSR count). The van der Waals surface area contributed by atoms with Crippen molar-refractivity contribution in [3.05, 3.63) is 58.7 Å². The number of nitriles is 1. The van der Waals surface area contributed by atoms with Crippen molar-refractivity contribution in [1.29, 1.82) is 5.26 Å². The summed E-state index contributed by atoms with van der Waals surface area (Å²) in [5.41, 5.74) is 4.28. The lowest BCUT2D eigenvalue weighted by molar-refractivity contribution is 0.687. The van der Waals surface area contributed by atoms with Crippen molar-refractivity contribution in [3.8, 4) is 6.07 Å². The highest BCUT2D eigenvalue weighted by atomic mass is 79.9. The maximum absolute atomic E-state index is 9.28. The SMILES string of the molecule is CNc1cnc2ccc(Br)cc2c1Nc1ccc(C(C)(C)C#N)cc1. The van der Waals surface area contributed by atoms with E-state index >= 15 is 0 Å². The van der Waals surface area contributed by atoms with Crippen LogP contribution in [0.15, 0.2) is 53.1 Å². The molecule has 0 aliphatic carbocycles. The van der Waals surface area contributed by atoms with E-state index in [0.29, 0.717) is 0 Å². The summed E-state index contributed by atoms with van der Waals surface area (Å²) < 4.78 is 1.00. The number of nitrogens with zero attached hydrogens (tertiary/aromatic N) is 2. The normalized spacial score (nSPS) is 11.2. The van der Waals surface area contributed by atoms with Crippen LogP contribution in [0.1, 0.15) is 19.4 Å². The van der Waals surface area contributed by atoms with Crippen LogP contribution in [0.2, 0.25) is 0 Å². The average molecular weight is 395 g/mol. The van der Waals surface area contributed by atoms with Crippen molar-refractivity contribution in [3.63, 3.8) is 0 Å². The number of aromatic nitrogens is 1. The highest BCUT2D eigenvalue weighted by Crippen LogP contribution is 2.34. The van der Waals surface area contributed by atoms with Crippen LogP contribution in [-0.2, 0) is 5.41 Å². The predicted octanol–water partition coefficient (Wildman–Crippen LogP) is 5.58. The third-order valence-electron chi connectivity index (χ3n) is 4.25. The number of anilines is 3. The molecule has 0 aliphatic rings. The third-order valence-corrected chi connectivity index (χ3v) is 4.75. The molecule has 2 aromatic carbocycles. The second kappa shape index (κ2) is 6.73. The third kappa shape index (κ3) is 3.45. The van der Waals surface area contributed by atoms with Crippen LogP contribution in [0.25, 0.3) is 10.9 Å². The van der Waals surface area contributed by atoms with E-state index in [9.17, 15) is 5.26 Å². The Kier molecular flexibility index (Phi) is 4.65. The molecule has 0 saturated carbocycles. The van der Waals surface area contributed by atoms with E-state index < -0.39 is 5.41 Å². The van der Waals surface area contributed by atoms with Gasteiger partial charge in [0.2, 0.25) is 0 Å². The Morgan fingerprint density at radius 3 is 2.48 bits per heavy atom. The molecule has 2 N–H and O–H groups in total. The first-order chi connectivity index (χ1) is 11.9. The lowest BCUT2D eigenvalue weighted by atomic mass is 9.86. The van der Waals surface area contributed by atoms with Crippen molar-refractivity contribution >= 4 is 43.9 Å². The second-order valence-corrected chi connectivity index (χ2v) is 7.31. The van der Waals surface area contributed by atoms with Gasteiger partial charge in [-0.15, -0.1) is 0 Å². The molecular formula is C20H19BrN4. The maximum atomic E-state index is 9.28. The van der Waals surface area contributed by atoms with Crippen molar-refractivity contribution < 1.29 is 0 Å². The number of hydrogen-bond acceptors (Lipinski definition) is 4. The molecule has 25 heavy (non-hydrogen) atoms. The van der Waals surface area contributed by atoms with Gasteiger partial charge in [-0.25, -0.2) is 0 Å². The molecule has 4 nitrogen and oxygen atoms in total. The van der Waals surface area contributed by atoms with Gasteiger partial charge in [-0.3, -0.25) is 4.98 Å². The topological polar surface area (TPSA) is 60.7 Å². The first-order valence-electron chi connectivity index (χ1n) is 7.99. The van der Waals surface area contributed by atoms with Gasteiger partial charge in [0, 0.05) is 22.6 Å². The molecule has 0 radical (unpaired) electrons. The van der Waals surface area contributed by atoms with Crippen LogP contribution in [-0.4, -0.2) is 12.0 Å². The zero-order valence-corrected chi connectivity index (χ0v) is 16.0. The van der Waals surface area contributed by atoms with Crippen LogP contribution in [0.5, 0.6) is 0 Å². The number of fused-ring (bicyclic) bond motifs is 1. The Morgan fingerprint density at radius 2 is 1.84 bits per heavy atom. The summed E-state index contributed by atoms with van der Waals surface area (Å²) in [5, 5.41) is 17.0. The van der Waals surface area contributed by atoms with Gasteiger partial charge in [-0.05, 0) is 49.7 Å². The van der Waals surface area contributed by atoms with Crippen LogP contribution < -0.4 is 10.6 Å². The standard InChI is InChI=1S/C20H19BrN4/c1-20(2,12-22)13-4-7-15(8-5-13)25-19-16-10-14(21)6-9-17(16)24-11-18(19)23-3/h4-11,23H,1-3H3,(H,24,25). The molecule has 0 amide bonds. The molecule has 1 heterocycles. The monoisotopic (exact) mass is 394 g/mol. The van der Waals surface area contributed by atoms with Gasteiger partial charge in [0.05, 0.1) is 34.6 Å². The smallest absolute Gasteiger partial charge is 0.0770 e. The van der Waals surface area contributed by atoms with Gasteiger partial charge in [0.1, 0.15) is 0 Å². The minimum Gasteiger partial charge on any atom is -0.385 e. The Bertz CT molecular complexity index is 956. The summed E-state index contributed by atoms with van der Waals surface area (Å²) in [4.78, 5) is 4.49. The van der Waals surface area contributed by atoms with Crippen LogP contribution >= 0.6 is 15.9 Å². The highest BCUT2D eigenvalue weighted by Gasteiger charge is 2.19. The number of nitrogens with one attached hydrogen (secondary N) is 2. The first-order valence-corrected chi connectivity index (χ1v) is 8.79. The van der Waals surface area contributed by atoms with E-state index in [0.717, 1.165) is 38.0 Å². The lowest BCUT2D eigenvalue weighted by Gasteiger charge is -2.18. The minimum atomic E-state index is -0.497. The zero-order valence-electron chi connectivity index (χ0n) is 14.4. The summed E-state index contributed by atoms with van der Waals surface area (Å²) in [6.07, 6.45) is 1.83. The van der Waals surface area contributed by atoms with Gasteiger partial charge in [-0.1, -0.05) is 28.1 Å². The van der Waals surface area contributed by atoms with Crippen molar-refractivity contribution in [1.82, 2.24) is 4.98 Å². The molecular weight excluding hydrogens is 376 g/mol. The molecule has 1 aromatic heterocycles. The molecule has 0 unspecified atom stereocenters. The van der Waals surface area contributed by atoms with E-state index in [-0.39, 0.29) is 0 Å². The van der Waals surface area contributed by atoms with Gasteiger partial charge < -0.3 is 10.6 Å². The van der Waals surface area contributed by atoms with Crippen LogP contribution in [0.3, 0.4) is 0 Å². The van der Waals surface area contributed by atoms with E-state index in [1.165, 1.54) is 0 Å². The fourth-order valence-electron chi connectivity index (χ4n) is 2.67. The first kappa shape index (κ1) is 17.2. The zero-order chi connectivity index (χ0) is 18.0. The molecule has 0 saturated heterocycles. The van der Waals surface area contributed by atoms with Gasteiger partial charge in [0.15, 0.2) is 0 Å². The number of hydrogen-bond donors (Lipinski definition) is 2. The Morgan fingerprint density at radius 1 is 1.12 bits per heavy atom. The molecule has 126 valence electrons. The van der Waals surface area contributed by atoms with Gasteiger partial charge in [0.25, 0.3) is 0 Å². The fraction of sp³-hybridized carbons (Fsp3) is 0.200. The number of pyridine rings is 1. The van der Waals surface area contributed by atoms with E-state index in [4.69, 9.17) is 0 Å². The summed E-state index contributed by atoms with van der Waals surface area (Å²) in [6, 6.07) is 16.3. The van der Waals surface area contributed by atoms with E-state index in [1.54, 1.807) is 0 Å². The summed E-state index contributed by atoms with van der Waals surface area (Å²) in [5.74, 6) is 0. The predicted molar refractivity (Wildman–Crippen MR) is 107 cm³/mol. The molecule has 0 bridgehead atoms. The van der Waals surface area contributed by atoms with Crippen molar-refractivity contribution in [2.24, 2.45) is 0 Å². The Hall–Kier alpha value is -2.58. The lowest BCUT2D eigenvalue weighted by Crippen LogP contribution is -2.13. The Labute approximate surface area is 156 Å². The number of rotatable bonds is 4. The van der Waals surface area contributed by atoms with Crippen molar-refractivity contribution in [2.45, 2.75) is 19.3 Å². The second-order valence-electron chi connectivity index (χ2n) is 6.40. The molecule has 0 aliphatic heterocycles.